The standard InChI is InChI=1S/C27H22Cl3N3O4/c1-27(25(35)36,31-24(34)23-19(29)3-2-4-20(23)30)14-15-5-8-17(9-6-15)32-21-12-7-16(28)13-22(21)33(26(32)37)18-10-11-18/h2-9,12-13,18H,10-11,14H2,1H3,(H,31,34)(H,35,36). The number of fused-ring (bicyclic) bond motifs is 1. The molecule has 190 valence electrons. The molecule has 0 bridgehead atoms. The van der Waals surface area contributed by atoms with Crippen LogP contribution in [0.3, 0.4) is 0 Å². The van der Waals surface area contributed by atoms with Crippen LogP contribution in [0.1, 0.15) is 41.7 Å². The lowest BCUT2D eigenvalue weighted by atomic mass is 9.92. The van der Waals surface area contributed by atoms with E-state index in [2.05, 4.69) is 5.32 Å². The van der Waals surface area contributed by atoms with Crippen molar-refractivity contribution < 1.29 is 14.7 Å². The zero-order valence-electron chi connectivity index (χ0n) is 19.7. The summed E-state index contributed by atoms with van der Waals surface area (Å²) in [7, 11) is 0. The number of carboxylic acid groups (broad SMARTS) is 1. The average Bonchev–Trinajstić information content (AvgIpc) is 3.62. The lowest BCUT2D eigenvalue weighted by Gasteiger charge is -2.27. The first-order valence-electron chi connectivity index (χ1n) is 11.6. The first kappa shape index (κ1) is 25.4. The normalized spacial score (nSPS) is 14.9. The van der Waals surface area contributed by atoms with Gasteiger partial charge in [-0.2, -0.15) is 0 Å². The second-order valence-electron chi connectivity index (χ2n) is 9.38. The maximum atomic E-state index is 13.3. The van der Waals surface area contributed by atoms with Gasteiger partial charge in [0.2, 0.25) is 0 Å². The summed E-state index contributed by atoms with van der Waals surface area (Å²) in [6, 6.07) is 17.2. The number of imidazole rings is 1. The predicted octanol–water partition coefficient (Wildman–Crippen LogP) is 5.90. The van der Waals surface area contributed by atoms with Crippen LogP contribution in [0.15, 0.2) is 65.5 Å². The molecule has 2 N–H and O–H groups in total. The molecule has 4 aromatic rings. The fraction of sp³-hybridized carbons (Fsp3) is 0.222. The Labute approximate surface area is 227 Å². The smallest absolute Gasteiger partial charge is 0.333 e. The van der Waals surface area contributed by atoms with E-state index < -0.39 is 17.4 Å². The van der Waals surface area contributed by atoms with Crippen LogP contribution < -0.4 is 11.0 Å². The number of aliphatic carboxylic acids is 1. The molecule has 0 spiro atoms. The largest absolute Gasteiger partial charge is 0.480 e. The van der Waals surface area contributed by atoms with Gasteiger partial charge in [-0.15, -0.1) is 0 Å². The van der Waals surface area contributed by atoms with Gasteiger partial charge < -0.3 is 10.4 Å². The highest BCUT2D eigenvalue weighted by Crippen LogP contribution is 2.37. The minimum absolute atomic E-state index is 0.00916. The van der Waals surface area contributed by atoms with Gasteiger partial charge in [-0.25, -0.2) is 9.59 Å². The Morgan fingerprint density at radius 1 is 1.00 bits per heavy atom. The Balaban J connectivity index is 1.45. The molecular formula is C27H22Cl3N3O4. The summed E-state index contributed by atoms with van der Waals surface area (Å²) < 4.78 is 3.41. The Morgan fingerprint density at radius 2 is 1.65 bits per heavy atom. The van der Waals surface area contributed by atoms with Crippen LogP contribution >= 0.6 is 34.8 Å². The molecule has 1 atom stereocenters. The molecule has 1 aliphatic rings. The van der Waals surface area contributed by atoms with Gasteiger partial charge in [0, 0.05) is 17.5 Å². The van der Waals surface area contributed by atoms with Crippen LogP contribution in [-0.4, -0.2) is 31.7 Å². The minimum atomic E-state index is -1.64. The van der Waals surface area contributed by atoms with Gasteiger partial charge in [-0.05, 0) is 67.8 Å². The van der Waals surface area contributed by atoms with E-state index in [0.29, 0.717) is 16.3 Å². The van der Waals surface area contributed by atoms with Crippen molar-refractivity contribution in [1.82, 2.24) is 14.5 Å². The van der Waals surface area contributed by atoms with Gasteiger partial charge in [-0.1, -0.05) is 53.0 Å². The molecule has 1 heterocycles. The fourth-order valence-electron chi connectivity index (χ4n) is 4.50. The van der Waals surface area contributed by atoms with Crippen LogP contribution in [0, 0.1) is 0 Å². The zero-order chi connectivity index (χ0) is 26.5. The zero-order valence-corrected chi connectivity index (χ0v) is 21.9. The third-order valence-corrected chi connectivity index (χ3v) is 7.42. The monoisotopic (exact) mass is 557 g/mol. The van der Waals surface area contributed by atoms with Crippen molar-refractivity contribution in [3.8, 4) is 5.69 Å². The van der Waals surface area contributed by atoms with E-state index in [9.17, 15) is 19.5 Å². The maximum absolute atomic E-state index is 13.3. The van der Waals surface area contributed by atoms with Gasteiger partial charge >= 0.3 is 11.7 Å². The molecule has 1 fully saturated rings. The topological polar surface area (TPSA) is 93.3 Å². The predicted molar refractivity (Wildman–Crippen MR) is 144 cm³/mol. The van der Waals surface area contributed by atoms with Gasteiger partial charge in [-0.3, -0.25) is 13.9 Å². The van der Waals surface area contributed by atoms with E-state index in [1.54, 1.807) is 51.6 Å². The summed E-state index contributed by atoms with van der Waals surface area (Å²) in [4.78, 5) is 38.4. The number of hydrogen-bond donors (Lipinski definition) is 2. The van der Waals surface area contributed by atoms with Crippen molar-refractivity contribution in [3.63, 3.8) is 0 Å². The van der Waals surface area contributed by atoms with Crippen molar-refractivity contribution in [2.75, 3.05) is 0 Å². The number of hydrogen-bond acceptors (Lipinski definition) is 3. The Bertz CT molecular complexity index is 1590. The Hall–Kier alpha value is -3.26. The SMILES string of the molecule is CC(Cc1ccc(-n2c(=O)n(C3CC3)c3cc(Cl)ccc32)cc1)(NC(=O)c1c(Cl)cccc1Cl)C(=O)O. The van der Waals surface area contributed by atoms with Crippen molar-refractivity contribution in [1.29, 1.82) is 0 Å². The second kappa shape index (κ2) is 9.56. The highest BCUT2D eigenvalue weighted by Gasteiger charge is 2.36. The van der Waals surface area contributed by atoms with E-state index in [0.717, 1.165) is 23.9 Å². The van der Waals surface area contributed by atoms with Crippen LogP contribution in [0.25, 0.3) is 16.7 Å². The molecule has 1 aromatic heterocycles. The van der Waals surface area contributed by atoms with Crippen LogP contribution in [0.4, 0.5) is 0 Å². The van der Waals surface area contributed by atoms with Crippen LogP contribution in [0.5, 0.6) is 0 Å². The number of carbonyl (C=O) groups is 2. The summed E-state index contributed by atoms with van der Waals surface area (Å²) in [5, 5.41) is 13.3. The minimum Gasteiger partial charge on any atom is -0.480 e. The molecule has 0 saturated heterocycles. The van der Waals surface area contributed by atoms with E-state index in [-0.39, 0.29) is 33.8 Å². The van der Waals surface area contributed by atoms with Gasteiger partial charge in [0.1, 0.15) is 5.54 Å². The van der Waals surface area contributed by atoms with Crippen molar-refractivity contribution >= 4 is 57.7 Å². The highest BCUT2D eigenvalue weighted by molar-refractivity contribution is 6.39. The molecule has 1 amide bonds. The quantitative estimate of drug-likeness (QED) is 0.295. The number of amides is 1. The molecule has 37 heavy (non-hydrogen) atoms. The molecule has 10 heteroatoms. The van der Waals surface area contributed by atoms with E-state index >= 15 is 0 Å². The van der Waals surface area contributed by atoms with Crippen LogP contribution in [-0.2, 0) is 11.2 Å². The average molecular weight is 559 g/mol. The van der Waals surface area contributed by atoms with Crippen molar-refractivity contribution in [3.05, 3.63) is 97.3 Å². The van der Waals surface area contributed by atoms with E-state index in [1.165, 1.54) is 19.1 Å². The van der Waals surface area contributed by atoms with E-state index in [4.69, 9.17) is 34.8 Å². The molecule has 7 nitrogen and oxygen atoms in total. The lowest BCUT2D eigenvalue weighted by Crippen LogP contribution is -2.53. The van der Waals surface area contributed by atoms with Crippen molar-refractivity contribution in [2.45, 2.75) is 37.8 Å². The molecule has 0 aliphatic heterocycles. The molecular weight excluding hydrogens is 537 g/mol. The summed E-state index contributed by atoms with van der Waals surface area (Å²) in [6.45, 7) is 1.42. The van der Waals surface area contributed by atoms with Gasteiger partial charge in [0.15, 0.2) is 0 Å². The Morgan fingerprint density at radius 3 is 2.24 bits per heavy atom. The third-order valence-electron chi connectivity index (χ3n) is 6.55. The van der Waals surface area contributed by atoms with Gasteiger partial charge in [0.25, 0.3) is 5.91 Å². The maximum Gasteiger partial charge on any atom is 0.333 e. The number of nitrogens with one attached hydrogen (secondary N) is 1. The third kappa shape index (κ3) is 4.75. The number of carbonyl (C=O) groups excluding carboxylic acids is 1. The van der Waals surface area contributed by atoms with E-state index in [1.807, 2.05) is 6.07 Å². The first-order chi connectivity index (χ1) is 17.6. The molecule has 3 aromatic carbocycles. The number of halogens is 3. The Kier molecular flexibility index (Phi) is 6.56. The number of carboxylic acids is 1. The number of benzene rings is 3. The van der Waals surface area contributed by atoms with Crippen LogP contribution in [0.2, 0.25) is 15.1 Å². The highest BCUT2D eigenvalue weighted by atomic mass is 35.5. The second-order valence-corrected chi connectivity index (χ2v) is 10.6. The summed E-state index contributed by atoms with van der Waals surface area (Å²) in [5.41, 5.74) is 1.05. The number of rotatable bonds is 7. The van der Waals surface area contributed by atoms with Gasteiger partial charge in [0.05, 0.1) is 32.3 Å². The molecule has 0 radical (unpaired) electrons. The number of nitrogens with zero attached hydrogens (tertiary/aromatic N) is 2. The lowest BCUT2D eigenvalue weighted by molar-refractivity contribution is -0.143. The summed E-state index contributed by atoms with van der Waals surface area (Å²) >= 11 is 18.5. The molecule has 1 unspecified atom stereocenters. The number of aromatic nitrogens is 2. The summed E-state index contributed by atoms with van der Waals surface area (Å²) in [5.74, 6) is -1.90. The van der Waals surface area contributed by atoms with Crippen molar-refractivity contribution in [2.24, 2.45) is 0 Å². The fourth-order valence-corrected chi connectivity index (χ4v) is 5.24. The molecule has 1 saturated carbocycles. The molecule has 1 aliphatic carbocycles. The first-order valence-corrected chi connectivity index (χ1v) is 12.7. The molecule has 5 rings (SSSR count). The summed E-state index contributed by atoms with van der Waals surface area (Å²) in [6.07, 6.45) is 1.89.